The number of benzene rings is 1. The zero-order valence-corrected chi connectivity index (χ0v) is 14.8. The molecule has 120 valence electrons. The van der Waals surface area contributed by atoms with Crippen LogP contribution < -0.4 is 11.1 Å². The Morgan fingerprint density at radius 3 is 2.36 bits per heavy atom. The van der Waals surface area contributed by atoms with Gasteiger partial charge in [-0.2, -0.15) is 0 Å². The van der Waals surface area contributed by atoms with E-state index in [4.69, 9.17) is 5.73 Å². The van der Waals surface area contributed by atoms with Crippen LogP contribution in [0.3, 0.4) is 0 Å². The van der Waals surface area contributed by atoms with E-state index < -0.39 is 6.04 Å². The zero-order chi connectivity index (χ0) is 15.4. The second kappa shape index (κ2) is 8.32. The van der Waals surface area contributed by atoms with Crippen molar-refractivity contribution < 1.29 is 4.79 Å². The number of rotatable bonds is 5. The Labute approximate surface area is 142 Å². The van der Waals surface area contributed by atoms with Gasteiger partial charge in [0.05, 0.1) is 0 Å². The molecule has 2 atom stereocenters. The molecule has 5 heteroatoms. The molecule has 22 heavy (non-hydrogen) atoms. The van der Waals surface area contributed by atoms with Crippen LogP contribution in [0.25, 0.3) is 0 Å². The molecule has 2 aromatic rings. The third-order valence-corrected chi connectivity index (χ3v) is 4.43. The van der Waals surface area contributed by atoms with Crippen molar-refractivity contribution in [2.75, 3.05) is 0 Å². The van der Waals surface area contributed by atoms with Gasteiger partial charge in [-0.25, -0.2) is 0 Å². The highest BCUT2D eigenvalue weighted by Crippen LogP contribution is 2.17. The molecule has 0 spiro atoms. The number of nitrogens with two attached hydrogens (primary N) is 1. The number of carbonyl (C=O) groups excluding carboxylic acids is 1. The lowest BCUT2D eigenvalue weighted by molar-refractivity contribution is -0.123. The molecule has 2 rings (SSSR count). The molecule has 1 amide bonds. The summed E-state index contributed by atoms with van der Waals surface area (Å²) in [4.78, 5) is 14.8. The Hall–Kier alpha value is -1.36. The molecular formula is C17H23ClN2OS. The highest BCUT2D eigenvalue weighted by atomic mass is 35.5. The van der Waals surface area contributed by atoms with Crippen LogP contribution in [-0.4, -0.2) is 11.9 Å². The molecule has 0 bridgehead atoms. The van der Waals surface area contributed by atoms with Gasteiger partial charge >= 0.3 is 0 Å². The van der Waals surface area contributed by atoms with Crippen molar-refractivity contribution in [2.45, 2.75) is 39.3 Å². The van der Waals surface area contributed by atoms with Crippen molar-refractivity contribution in [3.05, 3.63) is 57.3 Å². The summed E-state index contributed by atoms with van der Waals surface area (Å²) in [6, 6.07) is 11.4. The van der Waals surface area contributed by atoms with Gasteiger partial charge in [0.1, 0.15) is 6.04 Å². The Balaban J connectivity index is 0.00000242. The monoisotopic (exact) mass is 338 g/mol. The normalized spacial score (nSPS) is 13.1. The highest BCUT2D eigenvalue weighted by molar-refractivity contribution is 7.11. The summed E-state index contributed by atoms with van der Waals surface area (Å²) in [7, 11) is 0. The molecule has 1 heterocycles. The van der Waals surface area contributed by atoms with Gasteiger partial charge in [-0.3, -0.25) is 4.79 Å². The lowest BCUT2D eigenvalue weighted by atomic mass is 10.0. The first-order valence-electron chi connectivity index (χ1n) is 7.13. The lowest BCUT2D eigenvalue weighted by Crippen LogP contribution is -2.40. The second-order valence-electron chi connectivity index (χ2n) is 5.51. The summed E-state index contributed by atoms with van der Waals surface area (Å²) in [5.41, 5.74) is 8.03. The van der Waals surface area contributed by atoms with Crippen LogP contribution in [0.2, 0.25) is 0 Å². The van der Waals surface area contributed by atoms with Gasteiger partial charge in [-0.15, -0.1) is 23.7 Å². The van der Waals surface area contributed by atoms with Crippen LogP contribution in [0, 0.1) is 13.8 Å². The van der Waals surface area contributed by atoms with Crippen molar-refractivity contribution in [3.63, 3.8) is 0 Å². The maximum Gasteiger partial charge on any atom is 0.241 e. The van der Waals surface area contributed by atoms with Crippen LogP contribution in [0.15, 0.2) is 36.4 Å². The Kier molecular flexibility index (Phi) is 7.07. The molecule has 0 aliphatic heterocycles. The maximum atomic E-state index is 12.2. The minimum atomic E-state index is -0.613. The predicted octanol–water partition coefficient (Wildman–Crippen LogP) is 3.53. The number of carbonyl (C=O) groups is 1. The molecule has 0 saturated carbocycles. The number of hydrogen-bond acceptors (Lipinski definition) is 3. The van der Waals surface area contributed by atoms with E-state index in [-0.39, 0.29) is 24.4 Å². The summed E-state index contributed by atoms with van der Waals surface area (Å²) >= 11 is 1.77. The minimum Gasteiger partial charge on any atom is -0.352 e. The van der Waals surface area contributed by atoms with Crippen molar-refractivity contribution in [3.8, 4) is 0 Å². The Morgan fingerprint density at radius 2 is 1.82 bits per heavy atom. The third kappa shape index (κ3) is 5.13. The second-order valence-corrected chi connectivity index (χ2v) is 6.89. The minimum absolute atomic E-state index is 0. The standard InChI is InChI=1S/C17H22N2OS.ClH/c1-11-4-7-14(8-5-11)16(18)17(20)19-12(2)10-15-9-6-13(3)21-15;/h4-9,12,16H,10,18H2,1-3H3,(H,19,20);1H. The van der Waals surface area contributed by atoms with Gasteiger partial charge in [-0.1, -0.05) is 29.8 Å². The Bertz CT molecular complexity index is 609. The first kappa shape index (κ1) is 18.7. The van der Waals surface area contributed by atoms with Gasteiger partial charge in [-0.05, 0) is 38.5 Å². The van der Waals surface area contributed by atoms with Crippen molar-refractivity contribution in [1.82, 2.24) is 5.32 Å². The van der Waals surface area contributed by atoms with E-state index in [9.17, 15) is 4.79 Å². The van der Waals surface area contributed by atoms with Gasteiger partial charge in [0, 0.05) is 22.2 Å². The van der Waals surface area contributed by atoms with Gasteiger partial charge in [0.25, 0.3) is 0 Å². The van der Waals surface area contributed by atoms with Crippen LogP contribution in [0.1, 0.15) is 33.8 Å². The number of halogens is 1. The van der Waals surface area contributed by atoms with E-state index in [1.807, 2.05) is 38.1 Å². The molecular weight excluding hydrogens is 316 g/mol. The molecule has 1 aromatic carbocycles. The van der Waals surface area contributed by atoms with E-state index in [2.05, 4.69) is 24.4 Å². The molecule has 0 aliphatic carbocycles. The smallest absolute Gasteiger partial charge is 0.241 e. The number of nitrogens with one attached hydrogen (secondary N) is 1. The SMILES string of the molecule is Cc1ccc(C(N)C(=O)NC(C)Cc2ccc(C)s2)cc1.Cl. The molecule has 0 aliphatic rings. The van der Waals surface area contributed by atoms with E-state index in [0.29, 0.717) is 0 Å². The average Bonchev–Trinajstić information content (AvgIpc) is 2.83. The van der Waals surface area contributed by atoms with Crippen LogP contribution >= 0.6 is 23.7 Å². The summed E-state index contributed by atoms with van der Waals surface area (Å²) in [6.45, 7) is 6.11. The molecule has 3 nitrogen and oxygen atoms in total. The molecule has 0 fully saturated rings. The topological polar surface area (TPSA) is 55.1 Å². The molecule has 1 aromatic heterocycles. The number of aryl methyl sites for hydroxylation is 2. The van der Waals surface area contributed by atoms with Gasteiger partial charge < -0.3 is 11.1 Å². The summed E-state index contributed by atoms with van der Waals surface area (Å²) < 4.78 is 0. The fraction of sp³-hybridized carbons (Fsp3) is 0.353. The van der Waals surface area contributed by atoms with Crippen LogP contribution in [-0.2, 0) is 11.2 Å². The number of thiophene rings is 1. The van der Waals surface area contributed by atoms with E-state index in [1.54, 1.807) is 11.3 Å². The zero-order valence-electron chi connectivity index (χ0n) is 13.1. The number of amides is 1. The number of hydrogen-bond donors (Lipinski definition) is 2. The summed E-state index contributed by atoms with van der Waals surface area (Å²) in [5.74, 6) is -0.125. The molecule has 2 unspecified atom stereocenters. The third-order valence-electron chi connectivity index (χ3n) is 3.41. The molecule has 3 N–H and O–H groups in total. The molecule has 0 saturated heterocycles. The fourth-order valence-corrected chi connectivity index (χ4v) is 3.22. The predicted molar refractivity (Wildman–Crippen MR) is 95.7 cm³/mol. The van der Waals surface area contributed by atoms with E-state index >= 15 is 0 Å². The van der Waals surface area contributed by atoms with Gasteiger partial charge in [0.15, 0.2) is 0 Å². The molecule has 0 radical (unpaired) electrons. The first-order valence-corrected chi connectivity index (χ1v) is 7.95. The van der Waals surface area contributed by atoms with Crippen LogP contribution in [0.5, 0.6) is 0 Å². The highest BCUT2D eigenvalue weighted by Gasteiger charge is 2.17. The van der Waals surface area contributed by atoms with Crippen molar-refractivity contribution in [2.24, 2.45) is 5.73 Å². The summed E-state index contributed by atoms with van der Waals surface area (Å²) in [6.07, 6.45) is 0.838. The Morgan fingerprint density at radius 1 is 1.18 bits per heavy atom. The van der Waals surface area contributed by atoms with E-state index in [0.717, 1.165) is 17.5 Å². The lowest BCUT2D eigenvalue weighted by Gasteiger charge is -2.17. The van der Waals surface area contributed by atoms with Crippen LogP contribution in [0.4, 0.5) is 0 Å². The first-order chi connectivity index (χ1) is 9.95. The fourth-order valence-electron chi connectivity index (χ4n) is 2.21. The summed E-state index contributed by atoms with van der Waals surface area (Å²) in [5, 5.41) is 2.99. The van der Waals surface area contributed by atoms with Crippen molar-refractivity contribution in [1.29, 1.82) is 0 Å². The largest absolute Gasteiger partial charge is 0.352 e. The maximum absolute atomic E-state index is 12.2. The van der Waals surface area contributed by atoms with Gasteiger partial charge in [0.2, 0.25) is 5.91 Å². The van der Waals surface area contributed by atoms with Crippen molar-refractivity contribution >= 4 is 29.7 Å². The van der Waals surface area contributed by atoms with E-state index in [1.165, 1.54) is 9.75 Å². The average molecular weight is 339 g/mol. The quantitative estimate of drug-likeness (QED) is 0.876.